The van der Waals surface area contributed by atoms with Crippen molar-refractivity contribution in [3.8, 4) is 0 Å². The fraction of sp³-hybridized carbons (Fsp3) is 0.222. The molecule has 2 amide bonds. The summed E-state index contributed by atoms with van der Waals surface area (Å²) in [4.78, 5) is 39.4. The third-order valence-corrected chi connectivity index (χ3v) is 8.12. The van der Waals surface area contributed by atoms with Crippen molar-refractivity contribution >= 4 is 45.1 Å². The van der Waals surface area contributed by atoms with E-state index in [-0.39, 0.29) is 35.7 Å². The summed E-state index contributed by atoms with van der Waals surface area (Å²) in [5, 5.41) is 0.513. The van der Waals surface area contributed by atoms with Gasteiger partial charge in [-0.2, -0.15) is 4.31 Å². The third kappa shape index (κ3) is 5.74. The number of esters is 1. The van der Waals surface area contributed by atoms with E-state index >= 15 is 0 Å². The summed E-state index contributed by atoms with van der Waals surface area (Å²) in [6.07, 6.45) is -0.0150. The number of rotatable bonds is 9. The van der Waals surface area contributed by atoms with Crippen molar-refractivity contribution in [3.05, 3.63) is 95.0 Å². The van der Waals surface area contributed by atoms with Crippen LogP contribution < -0.4 is 4.90 Å². The lowest BCUT2D eigenvalue weighted by Crippen LogP contribution is -2.46. The number of hydrogen-bond donors (Lipinski definition) is 0. The zero-order valence-corrected chi connectivity index (χ0v) is 21.6. The fourth-order valence-corrected chi connectivity index (χ4v) is 5.99. The number of carbonyl (C=O) groups excluding carboxylic acids is 3. The number of carbonyl (C=O) groups is 3. The van der Waals surface area contributed by atoms with Crippen LogP contribution >= 0.6 is 11.6 Å². The van der Waals surface area contributed by atoms with Crippen LogP contribution in [-0.4, -0.2) is 49.7 Å². The minimum Gasteiger partial charge on any atom is -0.462 e. The number of benzene rings is 3. The van der Waals surface area contributed by atoms with Crippen LogP contribution in [0.25, 0.3) is 0 Å². The molecule has 8 nitrogen and oxygen atoms in total. The van der Waals surface area contributed by atoms with Crippen LogP contribution in [0.5, 0.6) is 0 Å². The van der Waals surface area contributed by atoms with Gasteiger partial charge in [-0.15, -0.1) is 0 Å². The average Bonchev–Trinajstić information content (AvgIpc) is 3.18. The zero-order chi connectivity index (χ0) is 26.6. The first-order valence-corrected chi connectivity index (χ1v) is 13.5. The highest BCUT2D eigenvalue weighted by Gasteiger charge is 2.46. The lowest BCUT2D eigenvalue weighted by molar-refractivity contribution is -0.122. The van der Waals surface area contributed by atoms with Gasteiger partial charge in [0.05, 0.1) is 29.2 Å². The van der Waals surface area contributed by atoms with Gasteiger partial charge < -0.3 is 4.74 Å². The number of hydrogen-bond acceptors (Lipinski definition) is 6. The number of anilines is 1. The van der Waals surface area contributed by atoms with E-state index in [2.05, 4.69) is 0 Å². The minimum absolute atomic E-state index is 0.0265. The molecule has 1 fully saturated rings. The van der Waals surface area contributed by atoms with E-state index in [0.29, 0.717) is 11.4 Å². The standard InChI is InChI=1S/C27H25ClN2O6S/c1-2-36-27(33)20-11-13-22(14-12-20)30-25(31)18-24(26(30)32)29(16-15-19-7-6-8-21(28)17-19)37(34,35)23-9-4-3-5-10-23/h3-14,17,24H,2,15-16,18H2,1H3. The van der Waals surface area contributed by atoms with E-state index < -0.39 is 33.8 Å². The van der Waals surface area contributed by atoms with Crippen molar-refractivity contribution < 1.29 is 27.5 Å². The lowest BCUT2D eigenvalue weighted by atomic mass is 10.1. The second-order valence-electron chi connectivity index (χ2n) is 8.36. The van der Waals surface area contributed by atoms with Gasteiger partial charge in [0.2, 0.25) is 15.9 Å². The molecule has 1 heterocycles. The number of nitrogens with zero attached hydrogens (tertiary/aromatic N) is 2. The summed E-state index contributed by atoms with van der Waals surface area (Å²) in [5.74, 6) is -1.71. The molecule has 3 aromatic rings. The summed E-state index contributed by atoms with van der Waals surface area (Å²) in [5.41, 5.74) is 1.32. The van der Waals surface area contributed by atoms with Gasteiger partial charge in [-0.3, -0.25) is 9.59 Å². The topological polar surface area (TPSA) is 101 Å². The molecule has 3 aromatic carbocycles. The molecule has 0 aliphatic carbocycles. The van der Waals surface area contributed by atoms with Gasteiger partial charge in [0.25, 0.3) is 5.91 Å². The maximum absolute atomic E-state index is 13.7. The molecule has 0 N–H and O–H groups in total. The van der Waals surface area contributed by atoms with Crippen LogP contribution in [-0.2, 0) is 30.8 Å². The van der Waals surface area contributed by atoms with Gasteiger partial charge >= 0.3 is 5.97 Å². The molecule has 4 rings (SSSR count). The Balaban J connectivity index is 1.64. The fourth-order valence-electron chi connectivity index (χ4n) is 4.18. The zero-order valence-electron chi connectivity index (χ0n) is 20.0. The molecule has 0 bridgehead atoms. The first-order valence-electron chi connectivity index (χ1n) is 11.7. The predicted octanol–water partition coefficient (Wildman–Crippen LogP) is 4.08. The number of imide groups is 1. The first kappa shape index (κ1) is 26.5. The van der Waals surface area contributed by atoms with E-state index in [0.717, 1.165) is 14.8 Å². The maximum atomic E-state index is 13.7. The molecule has 1 aliphatic rings. The predicted molar refractivity (Wildman–Crippen MR) is 139 cm³/mol. The Kier molecular flexibility index (Phi) is 8.06. The number of halogens is 1. The summed E-state index contributed by atoms with van der Waals surface area (Å²) in [6.45, 7) is 1.87. The van der Waals surface area contributed by atoms with Crippen molar-refractivity contribution in [1.82, 2.24) is 4.31 Å². The minimum atomic E-state index is -4.11. The Morgan fingerprint density at radius 1 is 1.03 bits per heavy atom. The molecule has 0 aromatic heterocycles. The van der Waals surface area contributed by atoms with Crippen LogP contribution in [0, 0.1) is 0 Å². The Hall–Kier alpha value is -3.53. The second kappa shape index (κ2) is 11.2. The monoisotopic (exact) mass is 540 g/mol. The highest BCUT2D eigenvalue weighted by atomic mass is 35.5. The molecule has 0 saturated carbocycles. The number of amides is 2. The van der Waals surface area contributed by atoms with Crippen LogP contribution in [0.1, 0.15) is 29.3 Å². The van der Waals surface area contributed by atoms with Crippen LogP contribution in [0.4, 0.5) is 5.69 Å². The van der Waals surface area contributed by atoms with Gasteiger partial charge in [0, 0.05) is 11.6 Å². The lowest BCUT2D eigenvalue weighted by Gasteiger charge is -2.27. The second-order valence-corrected chi connectivity index (χ2v) is 10.7. The van der Waals surface area contributed by atoms with Gasteiger partial charge in [0.1, 0.15) is 6.04 Å². The van der Waals surface area contributed by atoms with Gasteiger partial charge in [-0.25, -0.2) is 18.1 Å². The molecule has 192 valence electrons. The molecule has 0 spiro atoms. The van der Waals surface area contributed by atoms with Crippen LogP contribution in [0.15, 0.2) is 83.8 Å². The molecule has 0 radical (unpaired) electrons. The maximum Gasteiger partial charge on any atom is 0.338 e. The Labute approximate surface area is 220 Å². The largest absolute Gasteiger partial charge is 0.462 e. The van der Waals surface area contributed by atoms with E-state index in [1.807, 2.05) is 6.07 Å². The molecule has 37 heavy (non-hydrogen) atoms. The summed E-state index contributed by atoms with van der Waals surface area (Å²) in [6, 6.07) is 19.4. The third-order valence-electron chi connectivity index (χ3n) is 5.97. The molecule has 10 heteroatoms. The van der Waals surface area contributed by atoms with E-state index in [1.54, 1.807) is 43.3 Å². The van der Waals surface area contributed by atoms with Gasteiger partial charge in [-0.05, 0) is 67.4 Å². The normalized spacial score (nSPS) is 15.9. The summed E-state index contributed by atoms with van der Waals surface area (Å²) in [7, 11) is -4.11. The van der Waals surface area contributed by atoms with Crippen molar-refractivity contribution in [2.45, 2.75) is 30.7 Å². The molecule has 1 atom stereocenters. The van der Waals surface area contributed by atoms with E-state index in [1.165, 1.54) is 36.4 Å². The highest BCUT2D eigenvalue weighted by Crippen LogP contribution is 2.30. The van der Waals surface area contributed by atoms with E-state index in [9.17, 15) is 22.8 Å². The summed E-state index contributed by atoms with van der Waals surface area (Å²) < 4.78 is 33.4. The molecule has 1 unspecified atom stereocenters. The molecule has 1 saturated heterocycles. The number of ether oxygens (including phenoxy) is 1. The van der Waals surface area contributed by atoms with Crippen LogP contribution in [0.3, 0.4) is 0 Å². The van der Waals surface area contributed by atoms with E-state index in [4.69, 9.17) is 16.3 Å². The molecular weight excluding hydrogens is 516 g/mol. The Morgan fingerprint density at radius 3 is 2.38 bits per heavy atom. The smallest absolute Gasteiger partial charge is 0.338 e. The Bertz CT molecular complexity index is 1410. The van der Waals surface area contributed by atoms with Gasteiger partial charge in [0.15, 0.2) is 0 Å². The van der Waals surface area contributed by atoms with Crippen molar-refractivity contribution in [2.24, 2.45) is 0 Å². The summed E-state index contributed by atoms with van der Waals surface area (Å²) >= 11 is 6.08. The van der Waals surface area contributed by atoms with Gasteiger partial charge in [-0.1, -0.05) is 41.9 Å². The average molecular weight is 541 g/mol. The quantitative estimate of drug-likeness (QED) is 0.299. The Morgan fingerprint density at radius 2 is 1.73 bits per heavy atom. The number of sulfonamides is 1. The van der Waals surface area contributed by atoms with Crippen molar-refractivity contribution in [3.63, 3.8) is 0 Å². The SMILES string of the molecule is CCOC(=O)c1ccc(N2C(=O)CC(N(CCc3cccc(Cl)c3)S(=O)(=O)c3ccccc3)C2=O)cc1. The first-order chi connectivity index (χ1) is 17.7. The molecule has 1 aliphatic heterocycles. The van der Waals surface area contributed by atoms with Crippen LogP contribution in [0.2, 0.25) is 5.02 Å². The van der Waals surface area contributed by atoms with Crippen molar-refractivity contribution in [2.75, 3.05) is 18.1 Å². The highest BCUT2D eigenvalue weighted by molar-refractivity contribution is 7.89. The van der Waals surface area contributed by atoms with Crippen molar-refractivity contribution in [1.29, 1.82) is 0 Å². The molecular formula is C27H25ClN2O6S.